The summed E-state index contributed by atoms with van der Waals surface area (Å²) < 4.78 is 0. The molecule has 0 heteroatoms. The van der Waals surface area contributed by atoms with Crippen molar-refractivity contribution in [3.63, 3.8) is 0 Å². The Morgan fingerprint density at radius 1 is 0.500 bits per heavy atom. The van der Waals surface area contributed by atoms with Crippen molar-refractivity contribution < 1.29 is 0 Å². The largest absolute Gasteiger partial charge is 0.0651 e. The van der Waals surface area contributed by atoms with Gasteiger partial charge in [0.15, 0.2) is 0 Å². The first-order valence-electron chi connectivity index (χ1n) is 7.18. The van der Waals surface area contributed by atoms with E-state index in [9.17, 15) is 0 Å². The van der Waals surface area contributed by atoms with E-state index in [-0.39, 0.29) is 0 Å². The van der Waals surface area contributed by atoms with Gasteiger partial charge in [0.2, 0.25) is 0 Å². The molecule has 0 aliphatic carbocycles. The Morgan fingerprint density at radius 2 is 0.625 bits per heavy atom. The molecular formula is C16H38. The van der Waals surface area contributed by atoms with E-state index in [0.717, 1.165) is 23.7 Å². The first-order valence-corrected chi connectivity index (χ1v) is 7.18. The van der Waals surface area contributed by atoms with Crippen LogP contribution >= 0.6 is 0 Å². The van der Waals surface area contributed by atoms with Crippen LogP contribution in [0.1, 0.15) is 82.1 Å². The maximum absolute atomic E-state index is 2.24. The van der Waals surface area contributed by atoms with Gasteiger partial charge in [0, 0.05) is 0 Å². The molecule has 0 atom stereocenters. The van der Waals surface area contributed by atoms with Gasteiger partial charge in [-0.15, -0.1) is 0 Å². The summed E-state index contributed by atoms with van der Waals surface area (Å²) in [5, 5.41) is 0. The van der Waals surface area contributed by atoms with Crippen LogP contribution in [0.3, 0.4) is 0 Å². The molecule has 0 saturated carbocycles. The minimum absolute atomic E-state index is 0.852. The van der Waals surface area contributed by atoms with Gasteiger partial charge in [-0.2, -0.15) is 0 Å². The van der Waals surface area contributed by atoms with Crippen molar-refractivity contribution in [2.24, 2.45) is 23.7 Å². The van der Waals surface area contributed by atoms with Crippen molar-refractivity contribution in [2.45, 2.75) is 82.1 Å². The van der Waals surface area contributed by atoms with E-state index in [1.807, 2.05) is 0 Å². The van der Waals surface area contributed by atoms with Crippen LogP contribution in [0.2, 0.25) is 0 Å². The lowest BCUT2D eigenvalue weighted by atomic mass is 10.0. The van der Waals surface area contributed by atoms with Crippen molar-refractivity contribution in [1.82, 2.24) is 0 Å². The van der Waals surface area contributed by atoms with E-state index < -0.39 is 0 Å². The third-order valence-electron chi connectivity index (χ3n) is 2.97. The highest BCUT2D eigenvalue weighted by Gasteiger charge is 1.95. The van der Waals surface area contributed by atoms with Gasteiger partial charge in [-0.3, -0.25) is 0 Å². The van der Waals surface area contributed by atoms with Gasteiger partial charge in [-0.1, -0.05) is 82.1 Å². The predicted octanol–water partition coefficient (Wildman–Crippen LogP) is 6.40. The topological polar surface area (TPSA) is 0 Å². The molecule has 0 aromatic rings. The molecule has 0 aromatic heterocycles. The fraction of sp³-hybridized carbons (Fsp3) is 1.00. The van der Waals surface area contributed by atoms with Crippen molar-refractivity contribution in [3.8, 4) is 0 Å². The number of rotatable bonds is 3. The van der Waals surface area contributed by atoms with Crippen molar-refractivity contribution in [3.05, 3.63) is 0 Å². The zero-order valence-electron chi connectivity index (χ0n) is 13.7. The number of hydrogen-bond donors (Lipinski definition) is 0. The molecule has 0 amide bonds. The Kier molecular flexibility index (Phi) is 20.0. The van der Waals surface area contributed by atoms with Crippen LogP contribution in [0.15, 0.2) is 0 Å². The molecule has 0 N–H and O–H groups in total. The van der Waals surface area contributed by atoms with E-state index in [0.29, 0.717) is 0 Å². The average molecular weight is 230 g/mol. The minimum atomic E-state index is 0.852. The third-order valence-corrected chi connectivity index (χ3v) is 2.97. The Hall–Kier alpha value is 0. The maximum Gasteiger partial charge on any atom is -0.0448 e. The second-order valence-corrected chi connectivity index (χ2v) is 6.09. The van der Waals surface area contributed by atoms with E-state index in [1.54, 1.807) is 0 Å². The summed E-state index contributed by atoms with van der Waals surface area (Å²) in [6.45, 7) is 22.2. The molecule has 0 saturated heterocycles. The van der Waals surface area contributed by atoms with Crippen LogP contribution in [0.4, 0.5) is 0 Å². The smallest absolute Gasteiger partial charge is 0.0448 e. The molecule has 0 fully saturated rings. The lowest BCUT2D eigenvalue weighted by molar-refractivity contribution is 0.457. The Balaban J connectivity index is -0.000000160. The summed E-state index contributed by atoms with van der Waals surface area (Å²) in [6.07, 6.45) is 2.61. The second-order valence-electron chi connectivity index (χ2n) is 6.09. The van der Waals surface area contributed by atoms with Gasteiger partial charge >= 0.3 is 0 Å². The molecule has 16 heavy (non-hydrogen) atoms. The lowest BCUT2D eigenvalue weighted by Crippen LogP contribution is -1.95. The average Bonchev–Trinajstić information content (AvgIpc) is 2.19. The molecular weight excluding hydrogens is 192 g/mol. The summed E-state index contributed by atoms with van der Waals surface area (Å²) in [6, 6.07) is 0. The zero-order chi connectivity index (χ0) is 13.7. The molecule has 0 radical (unpaired) electrons. The second kappa shape index (κ2) is 15.0. The van der Waals surface area contributed by atoms with E-state index in [2.05, 4.69) is 69.2 Å². The van der Waals surface area contributed by atoms with E-state index >= 15 is 0 Å². The normalized spacial score (nSPS) is 10.1. The predicted molar refractivity (Wildman–Crippen MR) is 79.9 cm³/mol. The molecule has 102 valence electrons. The van der Waals surface area contributed by atoms with Gasteiger partial charge in [0.1, 0.15) is 0 Å². The fourth-order valence-electron chi connectivity index (χ4n) is 0. The molecule has 0 bridgehead atoms. The standard InChI is InChI=1S/C6H14.2C5H12/c1-5(2)6(3)4;2*1-4-5(2)3/h5-6H,1-4H3;2*5H,4H2,1-3H3. The summed E-state index contributed by atoms with van der Waals surface area (Å²) >= 11 is 0. The van der Waals surface area contributed by atoms with Gasteiger partial charge in [0.05, 0.1) is 0 Å². The van der Waals surface area contributed by atoms with Crippen LogP contribution in [0.25, 0.3) is 0 Å². The fourth-order valence-corrected chi connectivity index (χ4v) is 0. The quantitative estimate of drug-likeness (QED) is 0.526. The van der Waals surface area contributed by atoms with Crippen LogP contribution in [0.5, 0.6) is 0 Å². The molecule has 0 rings (SSSR count). The third kappa shape index (κ3) is 37.0. The van der Waals surface area contributed by atoms with Crippen molar-refractivity contribution in [1.29, 1.82) is 0 Å². The summed E-state index contributed by atoms with van der Waals surface area (Å²) in [5.74, 6) is 3.47. The first kappa shape index (κ1) is 21.3. The van der Waals surface area contributed by atoms with E-state index in [4.69, 9.17) is 0 Å². The Bertz CT molecular complexity index is 84.6. The van der Waals surface area contributed by atoms with E-state index in [1.165, 1.54) is 12.8 Å². The van der Waals surface area contributed by atoms with Crippen LogP contribution in [-0.4, -0.2) is 0 Å². The first-order chi connectivity index (χ1) is 7.18. The highest BCUT2D eigenvalue weighted by Crippen LogP contribution is 2.05. The van der Waals surface area contributed by atoms with Gasteiger partial charge in [-0.05, 0) is 23.7 Å². The van der Waals surface area contributed by atoms with Gasteiger partial charge in [0.25, 0.3) is 0 Å². The summed E-state index contributed by atoms with van der Waals surface area (Å²) in [5.41, 5.74) is 0. The summed E-state index contributed by atoms with van der Waals surface area (Å²) in [4.78, 5) is 0. The van der Waals surface area contributed by atoms with Gasteiger partial charge < -0.3 is 0 Å². The molecule has 0 aliphatic rings. The molecule has 0 heterocycles. The lowest BCUT2D eigenvalue weighted by Gasteiger charge is -2.05. The van der Waals surface area contributed by atoms with Crippen LogP contribution < -0.4 is 0 Å². The SMILES string of the molecule is CC(C)C(C)C.CCC(C)C.CCC(C)C. The highest BCUT2D eigenvalue weighted by molar-refractivity contribution is 4.46. The number of hydrogen-bond acceptors (Lipinski definition) is 0. The van der Waals surface area contributed by atoms with Crippen LogP contribution in [0, 0.1) is 23.7 Å². The molecule has 0 unspecified atom stereocenters. The molecule has 0 nitrogen and oxygen atoms in total. The summed E-state index contributed by atoms with van der Waals surface area (Å²) in [7, 11) is 0. The van der Waals surface area contributed by atoms with Crippen molar-refractivity contribution in [2.75, 3.05) is 0 Å². The Morgan fingerprint density at radius 3 is 0.625 bits per heavy atom. The van der Waals surface area contributed by atoms with Gasteiger partial charge in [-0.25, -0.2) is 0 Å². The monoisotopic (exact) mass is 230 g/mol. The minimum Gasteiger partial charge on any atom is -0.0651 e. The zero-order valence-corrected chi connectivity index (χ0v) is 13.7. The van der Waals surface area contributed by atoms with Crippen molar-refractivity contribution >= 4 is 0 Å². The molecule has 0 spiro atoms. The molecule has 0 aromatic carbocycles. The van der Waals surface area contributed by atoms with Crippen LogP contribution in [-0.2, 0) is 0 Å². The highest BCUT2D eigenvalue weighted by atomic mass is 14.0. The molecule has 0 aliphatic heterocycles. The maximum atomic E-state index is 2.24. The Labute approximate surface area is 106 Å².